The van der Waals surface area contributed by atoms with Crippen LogP contribution in [0.3, 0.4) is 0 Å². The second-order valence-corrected chi connectivity index (χ2v) is 15.9. The van der Waals surface area contributed by atoms with Gasteiger partial charge in [-0.3, -0.25) is 14.8 Å². The lowest BCUT2D eigenvalue weighted by atomic mass is 9.91. The van der Waals surface area contributed by atoms with Gasteiger partial charge in [0.25, 0.3) is 0 Å². The largest absolute Gasteiger partial charge is 0.361 e. The Morgan fingerprint density at radius 3 is 1.80 bits per heavy atom. The van der Waals surface area contributed by atoms with Gasteiger partial charge in [-0.15, -0.1) is 0 Å². The average molecular weight is 732 g/mol. The Balaban J connectivity index is 0.000000144. The van der Waals surface area contributed by atoms with Crippen LogP contribution in [0.4, 0.5) is 0 Å². The van der Waals surface area contributed by atoms with E-state index in [0.717, 1.165) is 86.3 Å². The highest BCUT2D eigenvalue weighted by Crippen LogP contribution is 2.32. The molecule has 0 radical (unpaired) electrons. The van der Waals surface area contributed by atoms with Crippen LogP contribution in [0.25, 0.3) is 61.4 Å². The van der Waals surface area contributed by atoms with Gasteiger partial charge >= 0.3 is 0 Å². The summed E-state index contributed by atoms with van der Waals surface area (Å²) in [6.07, 6.45) is 16.3. The Hall–Kier alpha value is -5.25. The highest BCUT2D eigenvalue weighted by Gasteiger charge is 2.28. The van der Waals surface area contributed by atoms with Crippen LogP contribution in [0.15, 0.2) is 96.8 Å². The number of benzene rings is 3. The lowest BCUT2D eigenvalue weighted by molar-refractivity contribution is 0.130. The van der Waals surface area contributed by atoms with Gasteiger partial charge in [0.1, 0.15) is 17.1 Å². The fourth-order valence-corrected chi connectivity index (χ4v) is 9.24. The van der Waals surface area contributed by atoms with Crippen molar-refractivity contribution in [2.24, 2.45) is 4.99 Å². The van der Waals surface area contributed by atoms with Crippen molar-refractivity contribution in [2.75, 3.05) is 33.2 Å². The van der Waals surface area contributed by atoms with Crippen molar-refractivity contribution < 1.29 is 1.43 Å². The van der Waals surface area contributed by atoms with E-state index < -0.39 is 0 Å². The number of H-pyrrole nitrogens is 1. The molecule has 55 heavy (non-hydrogen) atoms. The van der Waals surface area contributed by atoms with E-state index in [1.54, 1.807) is 13.2 Å². The van der Waals surface area contributed by atoms with Crippen LogP contribution in [0.2, 0.25) is 0 Å². The van der Waals surface area contributed by atoms with Crippen molar-refractivity contribution in [1.29, 1.82) is 0 Å². The third kappa shape index (κ3) is 6.43. The molecule has 2 saturated carbocycles. The molecule has 0 spiro atoms. The number of hydrogen-bond donors (Lipinski definition) is 1. The van der Waals surface area contributed by atoms with Gasteiger partial charge in [0.2, 0.25) is 0 Å². The molecule has 9 nitrogen and oxygen atoms in total. The minimum Gasteiger partial charge on any atom is -0.361 e. The molecule has 282 valence electrons. The second kappa shape index (κ2) is 14.4. The van der Waals surface area contributed by atoms with Crippen LogP contribution < -0.4 is 5.49 Å². The maximum Gasteiger partial charge on any atom is 0.131 e. The number of rotatable bonds is 5. The summed E-state index contributed by atoms with van der Waals surface area (Å²) in [4.78, 5) is 22.8. The number of aromatic nitrogens is 6. The average Bonchev–Trinajstić information content (AvgIpc) is 3.80. The topological polar surface area (TPSA) is 75.2 Å². The van der Waals surface area contributed by atoms with Gasteiger partial charge in [0.05, 0.1) is 22.1 Å². The van der Waals surface area contributed by atoms with Gasteiger partial charge in [0.15, 0.2) is 0 Å². The molecule has 7 aromatic rings. The highest BCUT2D eigenvalue weighted by molar-refractivity contribution is 5.88. The van der Waals surface area contributed by atoms with E-state index >= 15 is 0 Å². The van der Waals surface area contributed by atoms with Gasteiger partial charge in [0, 0.05) is 96.8 Å². The first-order valence-electron chi connectivity index (χ1n) is 20.4. The van der Waals surface area contributed by atoms with Gasteiger partial charge < -0.3 is 18.7 Å². The summed E-state index contributed by atoms with van der Waals surface area (Å²) in [6.45, 7) is 10.6. The lowest BCUT2D eigenvalue weighted by Crippen LogP contribution is -2.41. The predicted molar refractivity (Wildman–Crippen MR) is 226 cm³/mol. The number of nitrogens with zero attached hydrogens (tertiary/aromatic N) is 8. The van der Waals surface area contributed by atoms with Crippen LogP contribution in [-0.2, 0) is 25.9 Å². The molecule has 2 aliphatic carbocycles. The SMILES string of the molecule is C=Cn1cc(-c2ccc3nc4n(c3c2)CCN(C2CCC2)CC4)ccc1=NC.[HH].c1cc2cc(-c3ccc4nc5n(c4c3)CCN(C3CCC3)CC5)ccc2[nH]1. The smallest absolute Gasteiger partial charge is 0.131 e. The van der Waals surface area contributed by atoms with Crippen molar-refractivity contribution in [2.45, 2.75) is 76.5 Å². The molecular formula is C46H53N9. The van der Waals surface area contributed by atoms with Crippen LogP contribution in [0, 0.1) is 0 Å². The first kappa shape index (κ1) is 34.3. The van der Waals surface area contributed by atoms with E-state index in [0.29, 0.717) is 0 Å². The summed E-state index contributed by atoms with van der Waals surface area (Å²) in [6, 6.07) is 27.9. The molecule has 0 amide bonds. The van der Waals surface area contributed by atoms with Crippen molar-refractivity contribution in [3.63, 3.8) is 0 Å². The summed E-state index contributed by atoms with van der Waals surface area (Å²) in [5.74, 6) is 2.49. The van der Waals surface area contributed by atoms with Gasteiger partial charge in [-0.05, 0) is 108 Å². The standard InChI is InChI=1S/C23H27N5.C23H24N4.H2/c1-3-26-16-18(8-10-22(26)24-2)17-7-9-20-21(15-17)28-14-13-27(19-5-4-6-19)12-11-23(28)25-20;1-2-19(3-1)26-11-9-23-25-21-7-5-17(15-22(21)27(23)13-12-26)16-4-6-20-18(14-16)8-10-24-20;/h3,7-10,15-16,19H,1,4-6,11-14H2,2H3;4-8,10,14-15,19,24H,1-3,9,11-13H2;1H. The molecule has 1 N–H and O–H groups in total. The van der Waals surface area contributed by atoms with E-state index in [9.17, 15) is 0 Å². The lowest BCUT2D eigenvalue weighted by Gasteiger charge is -2.36. The fraction of sp³-hybridized carbons (Fsp3) is 0.370. The first-order valence-corrected chi connectivity index (χ1v) is 20.4. The van der Waals surface area contributed by atoms with E-state index in [1.165, 1.54) is 88.8 Å². The molecule has 4 aliphatic rings. The van der Waals surface area contributed by atoms with Crippen LogP contribution in [-0.4, -0.2) is 83.8 Å². The summed E-state index contributed by atoms with van der Waals surface area (Å²) in [5.41, 5.74) is 11.8. The molecule has 3 aromatic carbocycles. The number of nitrogens with one attached hydrogen (secondary N) is 1. The van der Waals surface area contributed by atoms with Gasteiger partial charge in [-0.25, -0.2) is 9.97 Å². The number of fused-ring (bicyclic) bond motifs is 7. The summed E-state index contributed by atoms with van der Waals surface area (Å²) >= 11 is 0. The van der Waals surface area contributed by atoms with Crippen LogP contribution in [0.5, 0.6) is 0 Å². The van der Waals surface area contributed by atoms with Crippen LogP contribution >= 0.6 is 0 Å². The molecule has 0 saturated heterocycles. The third-order valence-electron chi connectivity index (χ3n) is 12.9. The molecular weight excluding hydrogens is 679 g/mol. The molecule has 2 fully saturated rings. The number of aromatic amines is 1. The molecule has 4 aromatic heterocycles. The number of imidazole rings is 2. The monoisotopic (exact) mass is 731 g/mol. The Morgan fingerprint density at radius 1 is 0.673 bits per heavy atom. The minimum atomic E-state index is 0. The number of hydrogen-bond acceptors (Lipinski definition) is 5. The Labute approximate surface area is 324 Å². The van der Waals surface area contributed by atoms with Crippen molar-refractivity contribution in [3.05, 3.63) is 109 Å². The molecule has 6 heterocycles. The van der Waals surface area contributed by atoms with E-state index in [2.05, 4.69) is 108 Å². The van der Waals surface area contributed by atoms with Gasteiger partial charge in [-0.1, -0.05) is 37.6 Å². The molecule has 0 atom stereocenters. The summed E-state index contributed by atoms with van der Waals surface area (Å²) in [5, 5.41) is 1.26. The van der Waals surface area contributed by atoms with Crippen LogP contribution in [0.1, 0.15) is 51.6 Å². The summed E-state index contributed by atoms with van der Waals surface area (Å²) < 4.78 is 6.87. The van der Waals surface area contributed by atoms with Crippen molar-refractivity contribution in [1.82, 2.24) is 38.5 Å². The Bertz CT molecular complexity index is 2600. The zero-order valence-corrected chi connectivity index (χ0v) is 32.0. The maximum absolute atomic E-state index is 4.96. The molecule has 2 aliphatic heterocycles. The number of pyridine rings is 1. The molecule has 0 bridgehead atoms. The minimum absolute atomic E-state index is 0. The van der Waals surface area contributed by atoms with Gasteiger partial charge in [-0.2, -0.15) is 0 Å². The second-order valence-electron chi connectivity index (χ2n) is 15.9. The third-order valence-corrected chi connectivity index (χ3v) is 12.9. The zero-order valence-electron chi connectivity index (χ0n) is 32.0. The Morgan fingerprint density at radius 2 is 1.24 bits per heavy atom. The molecule has 0 unspecified atom stereocenters. The Kier molecular flexibility index (Phi) is 8.99. The molecule has 11 rings (SSSR count). The maximum atomic E-state index is 4.96. The van der Waals surface area contributed by atoms with E-state index in [4.69, 9.17) is 9.97 Å². The molecule has 9 heteroatoms. The van der Waals surface area contributed by atoms with Crippen molar-refractivity contribution >= 4 is 39.2 Å². The quantitative estimate of drug-likeness (QED) is 0.193. The normalized spacial score (nSPS) is 18.6. The van der Waals surface area contributed by atoms with E-state index in [-0.39, 0.29) is 1.43 Å². The predicted octanol–water partition coefficient (Wildman–Crippen LogP) is 8.39. The van der Waals surface area contributed by atoms with E-state index in [1.807, 2.05) is 16.8 Å². The fourth-order valence-electron chi connectivity index (χ4n) is 9.24. The highest BCUT2D eigenvalue weighted by atomic mass is 15.2. The zero-order chi connectivity index (χ0) is 36.9. The summed E-state index contributed by atoms with van der Waals surface area (Å²) in [7, 11) is 1.80. The first-order chi connectivity index (χ1) is 27.1. The van der Waals surface area contributed by atoms with Crippen molar-refractivity contribution in [3.8, 4) is 22.3 Å².